The second-order valence-electron chi connectivity index (χ2n) is 4.37. The number of fused-ring (bicyclic) bond motifs is 1. The van der Waals surface area contributed by atoms with E-state index in [0.717, 1.165) is 17.5 Å². The molecule has 0 aliphatic rings. The quantitative estimate of drug-likeness (QED) is 0.900. The number of hydrogen-bond acceptors (Lipinski definition) is 3. The fourth-order valence-electron chi connectivity index (χ4n) is 2.07. The van der Waals surface area contributed by atoms with Crippen LogP contribution in [0.3, 0.4) is 0 Å². The van der Waals surface area contributed by atoms with Crippen LogP contribution in [0.4, 0.5) is 0 Å². The molecule has 1 aromatic carbocycles. The van der Waals surface area contributed by atoms with Crippen LogP contribution < -0.4 is 5.56 Å². The van der Waals surface area contributed by atoms with Gasteiger partial charge in [0.25, 0.3) is 5.56 Å². The first-order valence-electron chi connectivity index (χ1n) is 6.36. The molecule has 1 N–H and O–H groups in total. The van der Waals surface area contributed by atoms with Crippen LogP contribution in [0.15, 0.2) is 29.1 Å². The first-order chi connectivity index (χ1) is 8.69. The van der Waals surface area contributed by atoms with Crippen molar-refractivity contribution in [2.24, 2.45) is 0 Å². The number of aliphatic hydroxyl groups excluding tert-OH is 1. The Bertz CT molecular complexity index is 604. The highest BCUT2D eigenvalue weighted by Crippen LogP contribution is 2.15. The third-order valence-corrected chi connectivity index (χ3v) is 3.03. The van der Waals surface area contributed by atoms with Crippen molar-refractivity contribution in [1.29, 1.82) is 0 Å². The standard InChI is InChI=1S/C14H18N2O2/c1-3-9-16-11-8-6-5-7-10(11)15-13(14(16)18)12(17)4-2/h5-8,12,17H,3-4,9H2,1-2H3. The monoisotopic (exact) mass is 246 g/mol. The highest BCUT2D eigenvalue weighted by molar-refractivity contribution is 5.74. The molecule has 0 aliphatic heterocycles. The lowest BCUT2D eigenvalue weighted by atomic mass is 10.2. The van der Waals surface area contributed by atoms with Crippen molar-refractivity contribution >= 4 is 11.0 Å². The van der Waals surface area contributed by atoms with Crippen LogP contribution in [-0.2, 0) is 6.54 Å². The van der Waals surface area contributed by atoms with Crippen LogP contribution in [0.2, 0.25) is 0 Å². The molecule has 1 atom stereocenters. The van der Waals surface area contributed by atoms with Gasteiger partial charge in [0, 0.05) is 6.54 Å². The number of benzene rings is 1. The van der Waals surface area contributed by atoms with Crippen LogP contribution in [0.1, 0.15) is 38.5 Å². The Morgan fingerprint density at radius 1 is 1.33 bits per heavy atom. The molecule has 1 unspecified atom stereocenters. The topological polar surface area (TPSA) is 55.1 Å². The van der Waals surface area contributed by atoms with E-state index in [2.05, 4.69) is 4.98 Å². The molecular formula is C14H18N2O2. The average molecular weight is 246 g/mol. The van der Waals surface area contributed by atoms with E-state index in [9.17, 15) is 9.90 Å². The van der Waals surface area contributed by atoms with E-state index in [-0.39, 0.29) is 11.3 Å². The van der Waals surface area contributed by atoms with E-state index >= 15 is 0 Å². The van der Waals surface area contributed by atoms with E-state index in [1.807, 2.05) is 38.1 Å². The average Bonchev–Trinajstić information content (AvgIpc) is 2.41. The summed E-state index contributed by atoms with van der Waals surface area (Å²) >= 11 is 0. The van der Waals surface area contributed by atoms with Crippen molar-refractivity contribution in [3.8, 4) is 0 Å². The SMILES string of the molecule is CCCn1c(=O)c(C(O)CC)nc2ccccc21. The molecular weight excluding hydrogens is 228 g/mol. The molecule has 0 bridgehead atoms. The lowest BCUT2D eigenvalue weighted by Crippen LogP contribution is -2.27. The number of nitrogens with zero attached hydrogens (tertiary/aromatic N) is 2. The Morgan fingerprint density at radius 3 is 2.72 bits per heavy atom. The van der Waals surface area contributed by atoms with Crippen LogP contribution in [0, 0.1) is 0 Å². The summed E-state index contributed by atoms with van der Waals surface area (Å²) in [6.07, 6.45) is 0.577. The largest absolute Gasteiger partial charge is 0.387 e. The van der Waals surface area contributed by atoms with Gasteiger partial charge in [0.05, 0.1) is 11.0 Å². The zero-order valence-electron chi connectivity index (χ0n) is 10.8. The zero-order chi connectivity index (χ0) is 13.1. The minimum atomic E-state index is -0.787. The van der Waals surface area contributed by atoms with Gasteiger partial charge in [-0.1, -0.05) is 26.0 Å². The maximum Gasteiger partial charge on any atom is 0.275 e. The fraction of sp³-hybridized carbons (Fsp3) is 0.429. The third kappa shape index (κ3) is 2.16. The Labute approximate surface area is 106 Å². The van der Waals surface area contributed by atoms with E-state index in [0.29, 0.717) is 13.0 Å². The molecule has 4 heteroatoms. The van der Waals surface area contributed by atoms with Crippen molar-refractivity contribution in [2.75, 3.05) is 0 Å². The fourth-order valence-corrected chi connectivity index (χ4v) is 2.07. The zero-order valence-corrected chi connectivity index (χ0v) is 10.8. The maximum atomic E-state index is 12.3. The van der Waals surface area contributed by atoms with Crippen LogP contribution in [0.5, 0.6) is 0 Å². The number of para-hydroxylation sites is 2. The number of rotatable bonds is 4. The van der Waals surface area contributed by atoms with E-state index < -0.39 is 6.10 Å². The predicted molar refractivity (Wildman–Crippen MR) is 71.5 cm³/mol. The van der Waals surface area contributed by atoms with Crippen molar-refractivity contribution in [3.63, 3.8) is 0 Å². The minimum absolute atomic E-state index is 0.176. The van der Waals surface area contributed by atoms with Gasteiger partial charge in [-0.3, -0.25) is 4.79 Å². The molecule has 1 aromatic heterocycles. The van der Waals surface area contributed by atoms with Gasteiger partial charge in [0.2, 0.25) is 0 Å². The molecule has 0 saturated heterocycles. The van der Waals surface area contributed by atoms with E-state index in [4.69, 9.17) is 0 Å². The summed E-state index contributed by atoms with van der Waals surface area (Å²) in [5.74, 6) is 0. The molecule has 2 rings (SSSR count). The highest BCUT2D eigenvalue weighted by atomic mass is 16.3. The van der Waals surface area contributed by atoms with Crippen LogP contribution in [0.25, 0.3) is 11.0 Å². The summed E-state index contributed by atoms with van der Waals surface area (Å²) in [4.78, 5) is 16.6. The summed E-state index contributed by atoms with van der Waals surface area (Å²) in [5.41, 5.74) is 1.67. The van der Waals surface area contributed by atoms with Gasteiger partial charge in [-0.2, -0.15) is 0 Å². The Balaban J connectivity index is 2.75. The van der Waals surface area contributed by atoms with Crippen LogP contribution in [-0.4, -0.2) is 14.7 Å². The number of aromatic nitrogens is 2. The van der Waals surface area contributed by atoms with Gasteiger partial charge in [0.1, 0.15) is 11.8 Å². The first-order valence-corrected chi connectivity index (χ1v) is 6.36. The predicted octanol–water partition coefficient (Wildman–Crippen LogP) is 2.25. The summed E-state index contributed by atoms with van der Waals surface area (Å²) in [5, 5.41) is 9.89. The Hall–Kier alpha value is -1.68. The van der Waals surface area contributed by atoms with Crippen molar-refractivity contribution in [2.45, 2.75) is 39.3 Å². The summed E-state index contributed by atoms with van der Waals surface area (Å²) in [6, 6.07) is 7.54. The lowest BCUT2D eigenvalue weighted by molar-refractivity contribution is 0.167. The minimum Gasteiger partial charge on any atom is -0.387 e. The first kappa shape index (κ1) is 12.8. The van der Waals surface area contributed by atoms with Crippen molar-refractivity contribution < 1.29 is 5.11 Å². The molecule has 0 amide bonds. The molecule has 1 heterocycles. The van der Waals surface area contributed by atoms with Crippen LogP contribution >= 0.6 is 0 Å². The van der Waals surface area contributed by atoms with Gasteiger partial charge in [-0.05, 0) is 25.0 Å². The number of aryl methyl sites for hydroxylation is 1. The molecule has 4 nitrogen and oxygen atoms in total. The van der Waals surface area contributed by atoms with E-state index in [1.54, 1.807) is 4.57 Å². The molecule has 0 saturated carbocycles. The second kappa shape index (κ2) is 5.31. The van der Waals surface area contributed by atoms with Crippen molar-refractivity contribution in [1.82, 2.24) is 9.55 Å². The molecule has 0 spiro atoms. The summed E-state index contributed by atoms with van der Waals surface area (Å²) in [6.45, 7) is 4.51. The molecule has 18 heavy (non-hydrogen) atoms. The van der Waals surface area contributed by atoms with Gasteiger partial charge in [0.15, 0.2) is 0 Å². The molecule has 0 fully saturated rings. The lowest BCUT2D eigenvalue weighted by Gasteiger charge is -2.13. The van der Waals surface area contributed by atoms with Crippen molar-refractivity contribution in [3.05, 3.63) is 40.3 Å². The summed E-state index contributed by atoms with van der Waals surface area (Å²) in [7, 11) is 0. The molecule has 0 radical (unpaired) electrons. The Kier molecular flexibility index (Phi) is 3.77. The maximum absolute atomic E-state index is 12.3. The van der Waals surface area contributed by atoms with E-state index in [1.165, 1.54) is 0 Å². The number of hydrogen-bond donors (Lipinski definition) is 1. The van der Waals surface area contributed by atoms with Gasteiger partial charge in [-0.15, -0.1) is 0 Å². The normalized spacial score (nSPS) is 12.8. The smallest absolute Gasteiger partial charge is 0.275 e. The molecule has 2 aromatic rings. The highest BCUT2D eigenvalue weighted by Gasteiger charge is 2.15. The van der Waals surface area contributed by atoms with Gasteiger partial charge < -0.3 is 9.67 Å². The molecule has 96 valence electrons. The van der Waals surface area contributed by atoms with Gasteiger partial charge in [-0.25, -0.2) is 4.98 Å². The number of aliphatic hydroxyl groups is 1. The van der Waals surface area contributed by atoms with Gasteiger partial charge >= 0.3 is 0 Å². The Morgan fingerprint density at radius 2 is 2.06 bits per heavy atom. The second-order valence-corrected chi connectivity index (χ2v) is 4.37. The summed E-state index contributed by atoms with van der Waals surface area (Å²) < 4.78 is 1.70. The third-order valence-electron chi connectivity index (χ3n) is 3.03. The molecule has 0 aliphatic carbocycles.